The molecule has 1 aromatic carbocycles. The smallest absolute Gasteiger partial charge is 0.237 e. The Morgan fingerprint density at radius 2 is 2.14 bits per heavy atom. The molecule has 1 amide bonds. The van der Waals surface area contributed by atoms with Crippen LogP contribution in [0.25, 0.3) is 0 Å². The van der Waals surface area contributed by atoms with Crippen LogP contribution in [0.3, 0.4) is 0 Å². The fourth-order valence-corrected chi connectivity index (χ4v) is 3.52. The quantitative estimate of drug-likeness (QED) is 0.693. The van der Waals surface area contributed by atoms with E-state index in [2.05, 4.69) is 52.5 Å². The summed E-state index contributed by atoms with van der Waals surface area (Å²) >= 11 is 5.16. The maximum absolute atomic E-state index is 12.0. The number of benzene rings is 1. The van der Waals surface area contributed by atoms with E-state index in [0.29, 0.717) is 19.5 Å². The minimum absolute atomic E-state index is 0.0315. The highest BCUT2D eigenvalue weighted by atomic mass is 79.9. The molecule has 1 aromatic rings. The van der Waals surface area contributed by atoms with Gasteiger partial charge in [-0.05, 0) is 44.5 Å². The topological polar surface area (TPSA) is 61.4 Å². The minimum atomic E-state index is -0.411. The van der Waals surface area contributed by atoms with Gasteiger partial charge in [0.1, 0.15) is 0 Å². The number of halogens is 1. The van der Waals surface area contributed by atoms with Crippen molar-refractivity contribution < 1.29 is 9.90 Å². The summed E-state index contributed by atoms with van der Waals surface area (Å²) in [5.41, 5.74) is 0. The zero-order chi connectivity index (χ0) is 15.5. The van der Waals surface area contributed by atoms with Crippen LogP contribution in [0.15, 0.2) is 33.6 Å². The third kappa shape index (κ3) is 5.29. The summed E-state index contributed by atoms with van der Waals surface area (Å²) in [5.74, 6) is -0.0315. The predicted molar refractivity (Wildman–Crippen MR) is 89.5 cm³/mol. The summed E-state index contributed by atoms with van der Waals surface area (Å²) in [5, 5.41) is 15.4. The molecule has 2 rings (SSSR count). The summed E-state index contributed by atoms with van der Waals surface area (Å²) < 4.78 is 0.963. The van der Waals surface area contributed by atoms with Crippen molar-refractivity contribution >= 4 is 33.6 Å². The Morgan fingerprint density at radius 3 is 2.71 bits per heavy atom. The standard InChI is InChI=1S/C15H21BrN2O2S/c1-15(2,21-12-5-3-10(16)4-6-12)9-18-14(20)13-7-11(19)8-17-13/h3-6,11,13,17,19H,7-9H2,1-2H3,(H,18,20). The molecular formula is C15H21BrN2O2S. The first-order chi connectivity index (χ1) is 9.85. The molecule has 0 saturated carbocycles. The number of amides is 1. The van der Waals surface area contributed by atoms with Crippen molar-refractivity contribution in [2.75, 3.05) is 13.1 Å². The van der Waals surface area contributed by atoms with E-state index in [4.69, 9.17) is 0 Å². The molecule has 1 aliphatic heterocycles. The molecule has 1 saturated heterocycles. The summed E-state index contributed by atoms with van der Waals surface area (Å²) in [6, 6.07) is 7.88. The van der Waals surface area contributed by atoms with Gasteiger partial charge in [0.2, 0.25) is 5.91 Å². The molecular weight excluding hydrogens is 352 g/mol. The highest BCUT2D eigenvalue weighted by Gasteiger charge is 2.29. The first kappa shape index (κ1) is 16.8. The SMILES string of the molecule is CC(C)(CNC(=O)C1CC(O)CN1)Sc1ccc(Br)cc1. The monoisotopic (exact) mass is 372 g/mol. The number of aliphatic hydroxyl groups excluding tert-OH is 1. The summed E-state index contributed by atoms with van der Waals surface area (Å²) in [4.78, 5) is 13.2. The zero-order valence-electron chi connectivity index (χ0n) is 12.2. The summed E-state index contributed by atoms with van der Waals surface area (Å²) in [6.45, 7) is 5.30. The number of rotatable bonds is 5. The lowest BCUT2D eigenvalue weighted by molar-refractivity contribution is -0.123. The highest BCUT2D eigenvalue weighted by molar-refractivity contribution is 9.10. The molecule has 0 bridgehead atoms. The van der Waals surface area contributed by atoms with Crippen molar-refractivity contribution in [3.05, 3.63) is 28.7 Å². The van der Waals surface area contributed by atoms with E-state index in [1.165, 1.54) is 4.90 Å². The van der Waals surface area contributed by atoms with Crippen LogP contribution >= 0.6 is 27.7 Å². The summed E-state index contributed by atoms with van der Waals surface area (Å²) in [6.07, 6.45) is 0.0810. The van der Waals surface area contributed by atoms with Crippen LogP contribution in [-0.4, -0.2) is 41.0 Å². The van der Waals surface area contributed by atoms with Crippen LogP contribution < -0.4 is 10.6 Å². The van der Waals surface area contributed by atoms with Crippen molar-refractivity contribution in [1.82, 2.24) is 10.6 Å². The molecule has 116 valence electrons. The number of nitrogens with one attached hydrogen (secondary N) is 2. The van der Waals surface area contributed by atoms with E-state index in [1.54, 1.807) is 11.8 Å². The van der Waals surface area contributed by atoms with Crippen LogP contribution in [0.1, 0.15) is 20.3 Å². The van der Waals surface area contributed by atoms with Crippen LogP contribution in [0.2, 0.25) is 0 Å². The van der Waals surface area contributed by atoms with Gasteiger partial charge >= 0.3 is 0 Å². The molecule has 1 aliphatic rings. The van der Waals surface area contributed by atoms with E-state index < -0.39 is 6.10 Å². The van der Waals surface area contributed by atoms with E-state index in [9.17, 15) is 9.90 Å². The molecule has 4 nitrogen and oxygen atoms in total. The average molecular weight is 373 g/mol. The molecule has 2 atom stereocenters. The number of hydrogen-bond donors (Lipinski definition) is 3. The normalized spacial score (nSPS) is 22.3. The molecule has 3 N–H and O–H groups in total. The number of carbonyl (C=O) groups excluding carboxylic acids is 1. The molecule has 0 aromatic heterocycles. The van der Waals surface area contributed by atoms with Crippen molar-refractivity contribution in [3.63, 3.8) is 0 Å². The van der Waals surface area contributed by atoms with Gasteiger partial charge in [-0.1, -0.05) is 15.9 Å². The van der Waals surface area contributed by atoms with Gasteiger partial charge in [0, 0.05) is 27.2 Å². The molecule has 1 heterocycles. The maximum atomic E-state index is 12.0. The number of aliphatic hydroxyl groups is 1. The molecule has 1 fully saturated rings. The van der Waals surface area contributed by atoms with Gasteiger partial charge in [-0.25, -0.2) is 0 Å². The van der Waals surface area contributed by atoms with Gasteiger partial charge < -0.3 is 15.7 Å². The highest BCUT2D eigenvalue weighted by Crippen LogP contribution is 2.32. The van der Waals surface area contributed by atoms with E-state index in [0.717, 1.165) is 4.47 Å². The van der Waals surface area contributed by atoms with Crippen molar-refractivity contribution in [2.24, 2.45) is 0 Å². The first-order valence-electron chi connectivity index (χ1n) is 6.99. The second-order valence-electron chi connectivity index (χ2n) is 5.88. The Balaban J connectivity index is 1.83. The molecule has 6 heteroatoms. The summed E-state index contributed by atoms with van der Waals surface area (Å²) in [7, 11) is 0. The Hall–Kier alpha value is -0.560. The van der Waals surface area contributed by atoms with E-state index in [1.807, 2.05) is 12.1 Å². The van der Waals surface area contributed by atoms with Gasteiger partial charge in [0.25, 0.3) is 0 Å². The largest absolute Gasteiger partial charge is 0.392 e. The predicted octanol–water partition coefficient (Wildman–Crippen LogP) is 2.16. The fourth-order valence-electron chi connectivity index (χ4n) is 2.20. The van der Waals surface area contributed by atoms with Crippen molar-refractivity contribution in [3.8, 4) is 0 Å². The van der Waals surface area contributed by atoms with Gasteiger partial charge in [-0.2, -0.15) is 0 Å². The number of thioether (sulfide) groups is 1. The average Bonchev–Trinajstić information content (AvgIpc) is 2.85. The molecule has 2 unspecified atom stereocenters. The minimum Gasteiger partial charge on any atom is -0.392 e. The van der Waals surface area contributed by atoms with Gasteiger partial charge in [0.15, 0.2) is 0 Å². The Morgan fingerprint density at radius 1 is 1.48 bits per heavy atom. The number of hydrogen-bond acceptors (Lipinski definition) is 4. The molecule has 0 radical (unpaired) electrons. The number of β-amino-alcohol motifs (C(OH)–C–C–N with tert-alkyl or cyclic N) is 1. The fraction of sp³-hybridized carbons (Fsp3) is 0.533. The van der Waals surface area contributed by atoms with Crippen LogP contribution in [0.5, 0.6) is 0 Å². The van der Waals surface area contributed by atoms with Gasteiger partial charge in [-0.3, -0.25) is 4.79 Å². The van der Waals surface area contributed by atoms with Crippen LogP contribution in [-0.2, 0) is 4.79 Å². The second-order valence-corrected chi connectivity index (χ2v) is 8.58. The first-order valence-corrected chi connectivity index (χ1v) is 8.60. The van der Waals surface area contributed by atoms with Crippen LogP contribution in [0, 0.1) is 0 Å². The third-order valence-corrected chi connectivity index (χ3v) is 5.05. The van der Waals surface area contributed by atoms with Crippen molar-refractivity contribution in [1.29, 1.82) is 0 Å². The lowest BCUT2D eigenvalue weighted by atomic mass is 10.1. The lowest BCUT2D eigenvalue weighted by Crippen LogP contribution is -2.44. The van der Waals surface area contributed by atoms with Crippen LogP contribution in [0.4, 0.5) is 0 Å². The Kier molecular flexibility index (Phi) is 5.71. The van der Waals surface area contributed by atoms with Crippen molar-refractivity contribution in [2.45, 2.75) is 42.1 Å². The maximum Gasteiger partial charge on any atom is 0.237 e. The van der Waals surface area contributed by atoms with Gasteiger partial charge in [0.05, 0.1) is 12.1 Å². The Bertz CT molecular complexity index is 493. The second kappa shape index (κ2) is 7.13. The van der Waals surface area contributed by atoms with E-state index in [-0.39, 0.29) is 16.7 Å². The molecule has 0 spiro atoms. The number of carbonyl (C=O) groups is 1. The third-order valence-electron chi connectivity index (χ3n) is 3.32. The van der Waals surface area contributed by atoms with E-state index >= 15 is 0 Å². The lowest BCUT2D eigenvalue weighted by Gasteiger charge is -2.25. The zero-order valence-corrected chi connectivity index (χ0v) is 14.6. The molecule has 21 heavy (non-hydrogen) atoms. The van der Waals surface area contributed by atoms with Gasteiger partial charge in [-0.15, -0.1) is 11.8 Å². The Labute approximate surface area is 138 Å². The molecule has 0 aliphatic carbocycles.